The monoisotopic (exact) mass is 254 g/mol. The van der Waals surface area contributed by atoms with Crippen molar-refractivity contribution in [2.45, 2.75) is 5.92 Å². The van der Waals surface area contributed by atoms with E-state index in [1.54, 1.807) is 24.5 Å². The molecule has 1 aliphatic rings. The summed E-state index contributed by atoms with van der Waals surface area (Å²) >= 11 is 0. The summed E-state index contributed by atoms with van der Waals surface area (Å²) in [5.41, 5.74) is 1.74. The molecule has 1 aliphatic heterocycles. The number of rotatable bonds is 3. The Hall–Kier alpha value is -2.36. The number of nitrogens with zero attached hydrogens (tertiary/aromatic N) is 1. The van der Waals surface area contributed by atoms with Crippen LogP contribution in [0.4, 0.5) is 0 Å². The lowest BCUT2D eigenvalue weighted by atomic mass is 10.0. The molecular formula is C15H14N2O2. The van der Waals surface area contributed by atoms with Crippen LogP contribution in [0.3, 0.4) is 0 Å². The van der Waals surface area contributed by atoms with Crippen molar-refractivity contribution in [2.24, 2.45) is 0 Å². The topological polar surface area (TPSA) is 51.2 Å². The largest absolute Gasteiger partial charge is 0.493 e. The lowest BCUT2D eigenvalue weighted by molar-refractivity contribution is 0.0949. The highest BCUT2D eigenvalue weighted by atomic mass is 16.5. The van der Waals surface area contributed by atoms with Crippen LogP contribution in [0.2, 0.25) is 0 Å². The highest BCUT2D eigenvalue weighted by molar-refractivity contribution is 5.93. The molecule has 4 nitrogen and oxygen atoms in total. The zero-order chi connectivity index (χ0) is 13.1. The quantitative estimate of drug-likeness (QED) is 0.911. The molecule has 1 N–H and O–H groups in total. The van der Waals surface area contributed by atoms with Crippen molar-refractivity contribution >= 4 is 5.91 Å². The molecule has 2 heterocycles. The van der Waals surface area contributed by atoms with Gasteiger partial charge in [0.05, 0.1) is 12.2 Å². The first-order valence-electron chi connectivity index (χ1n) is 6.24. The third-order valence-electron chi connectivity index (χ3n) is 3.23. The smallest absolute Gasteiger partial charge is 0.252 e. The summed E-state index contributed by atoms with van der Waals surface area (Å²) in [5.74, 6) is 1.04. The van der Waals surface area contributed by atoms with Crippen molar-refractivity contribution < 1.29 is 9.53 Å². The zero-order valence-corrected chi connectivity index (χ0v) is 10.4. The maximum atomic E-state index is 11.9. The molecule has 4 heteroatoms. The minimum atomic E-state index is -0.0996. The van der Waals surface area contributed by atoms with E-state index in [0.717, 1.165) is 11.3 Å². The van der Waals surface area contributed by atoms with Crippen LogP contribution < -0.4 is 10.1 Å². The second-order valence-corrected chi connectivity index (χ2v) is 4.50. The molecule has 0 saturated carbocycles. The number of hydrogen-bond donors (Lipinski definition) is 1. The fraction of sp³-hybridized carbons (Fsp3) is 0.200. The summed E-state index contributed by atoms with van der Waals surface area (Å²) < 4.78 is 5.59. The molecule has 0 saturated heterocycles. The number of carbonyl (C=O) groups is 1. The van der Waals surface area contributed by atoms with Crippen LogP contribution in [0.25, 0.3) is 0 Å². The van der Waals surface area contributed by atoms with E-state index in [1.165, 1.54) is 0 Å². The van der Waals surface area contributed by atoms with Crippen molar-refractivity contribution in [2.75, 3.05) is 13.2 Å². The van der Waals surface area contributed by atoms with Gasteiger partial charge >= 0.3 is 0 Å². The molecule has 96 valence electrons. The van der Waals surface area contributed by atoms with E-state index in [2.05, 4.69) is 10.3 Å². The fourth-order valence-electron chi connectivity index (χ4n) is 2.21. The van der Waals surface area contributed by atoms with Gasteiger partial charge in [0.2, 0.25) is 0 Å². The van der Waals surface area contributed by atoms with Crippen LogP contribution in [0, 0.1) is 0 Å². The average molecular weight is 254 g/mol. The normalized spacial score (nSPS) is 16.5. The van der Waals surface area contributed by atoms with E-state index in [1.807, 2.05) is 24.3 Å². The van der Waals surface area contributed by atoms with Gasteiger partial charge in [-0.05, 0) is 18.2 Å². The Balaban J connectivity index is 1.64. The standard InChI is InChI=1S/C15H14N2O2/c18-15(11-4-3-7-16-8-11)17-9-12-10-19-14-6-2-1-5-13(12)14/h1-8,12H,9-10H2,(H,17,18). The fourth-order valence-corrected chi connectivity index (χ4v) is 2.21. The third kappa shape index (κ3) is 2.42. The molecule has 3 rings (SSSR count). The van der Waals surface area contributed by atoms with Crippen molar-refractivity contribution in [3.63, 3.8) is 0 Å². The molecule has 0 spiro atoms. The molecule has 0 aliphatic carbocycles. The van der Waals surface area contributed by atoms with Crippen LogP contribution in [0.5, 0.6) is 5.75 Å². The Morgan fingerprint density at radius 3 is 3.05 bits per heavy atom. The summed E-state index contributed by atoms with van der Waals surface area (Å²) in [6.07, 6.45) is 3.21. The average Bonchev–Trinajstić information content (AvgIpc) is 2.89. The number of ether oxygens (including phenoxy) is 1. The van der Waals surface area contributed by atoms with E-state index in [4.69, 9.17) is 4.74 Å². The molecule has 0 radical (unpaired) electrons. The maximum absolute atomic E-state index is 11.9. The number of para-hydroxylation sites is 1. The van der Waals surface area contributed by atoms with Gasteiger partial charge in [0, 0.05) is 30.4 Å². The van der Waals surface area contributed by atoms with Gasteiger partial charge in [0.25, 0.3) is 5.91 Å². The highest BCUT2D eigenvalue weighted by Gasteiger charge is 2.23. The summed E-state index contributed by atoms with van der Waals surface area (Å²) in [5, 5.41) is 2.92. The molecule has 0 bridgehead atoms. The van der Waals surface area contributed by atoms with Crippen molar-refractivity contribution in [1.82, 2.24) is 10.3 Å². The molecule has 1 unspecified atom stereocenters. The highest BCUT2D eigenvalue weighted by Crippen LogP contribution is 2.32. The lowest BCUT2D eigenvalue weighted by Gasteiger charge is -2.10. The minimum absolute atomic E-state index is 0.0996. The van der Waals surface area contributed by atoms with Crippen molar-refractivity contribution in [3.8, 4) is 5.75 Å². The van der Waals surface area contributed by atoms with Gasteiger partial charge in [-0.2, -0.15) is 0 Å². The Morgan fingerprint density at radius 1 is 1.32 bits per heavy atom. The van der Waals surface area contributed by atoms with Crippen LogP contribution in [-0.2, 0) is 0 Å². The number of aromatic nitrogens is 1. The van der Waals surface area contributed by atoms with Gasteiger partial charge in [0.15, 0.2) is 0 Å². The van der Waals surface area contributed by atoms with Crippen LogP contribution in [0.1, 0.15) is 21.8 Å². The van der Waals surface area contributed by atoms with Crippen LogP contribution >= 0.6 is 0 Å². The van der Waals surface area contributed by atoms with Crippen molar-refractivity contribution in [3.05, 3.63) is 59.9 Å². The number of carbonyl (C=O) groups excluding carboxylic acids is 1. The van der Waals surface area contributed by atoms with Gasteiger partial charge < -0.3 is 10.1 Å². The van der Waals surface area contributed by atoms with Gasteiger partial charge in [-0.1, -0.05) is 18.2 Å². The van der Waals surface area contributed by atoms with E-state index in [-0.39, 0.29) is 11.8 Å². The first-order valence-corrected chi connectivity index (χ1v) is 6.24. The van der Waals surface area contributed by atoms with Gasteiger partial charge in [-0.15, -0.1) is 0 Å². The van der Waals surface area contributed by atoms with Gasteiger partial charge in [-0.25, -0.2) is 0 Å². The molecule has 0 fully saturated rings. The Kier molecular flexibility index (Phi) is 3.14. The summed E-state index contributed by atoms with van der Waals surface area (Å²) in [4.78, 5) is 15.9. The zero-order valence-electron chi connectivity index (χ0n) is 10.4. The van der Waals surface area contributed by atoms with Crippen LogP contribution in [-0.4, -0.2) is 24.0 Å². The predicted molar refractivity (Wildman–Crippen MR) is 71.2 cm³/mol. The summed E-state index contributed by atoms with van der Waals surface area (Å²) in [6.45, 7) is 1.19. The summed E-state index contributed by atoms with van der Waals surface area (Å²) in [6, 6.07) is 11.4. The number of fused-ring (bicyclic) bond motifs is 1. The van der Waals surface area contributed by atoms with Gasteiger partial charge in [0.1, 0.15) is 5.75 Å². The number of hydrogen-bond acceptors (Lipinski definition) is 3. The molecule has 1 atom stereocenters. The molecule has 19 heavy (non-hydrogen) atoms. The SMILES string of the molecule is O=C(NCC1COc2ccccc21)c1cccnc1. The Morgan fingerprint density at radius 2 is 2.21 bits per heavy atom. The lowest BCUT2D eigenvalue weighted by Crippen LogP contribution is -2.29. The van der Waals surface area contributed by atoms with Crippen molar-refractivity contribution in [1.29, 1.82) is 0 Å². The third-order valence-corrected chi connectivity index (χ3v) is 3.23. The molecule has 1 aromatic heterocycles. The Labute approximate surface area is 111 Å². The van der Waals surface area contributed by atoms with Crippen LogP contribution in [0.15, 0.2) is 48.8 Å². The van der Waals surface area contributed by atoms with Gasteiger partial charge in [-0.3, -0.25) is 9.78 Å². The summed E-state index contributed by atoms with van der Waals surface area (Å²) in [7, 11) is 0. The number of pyridine rings is 1. The first-order chi connectivity index (χ1) is 9.34. The molecule has 1 aromatic carbocycles. The Bertz CT molecular complexity index is 584. The number of nitrogens with one attached hydrogen (secondary N) is 1. The van der Waals surface area contributed by atoms with E-state index in [9.17, 15) is 4.79 Å². The molecule has 2 aromatic rings. The second-order valence-electron chi connectivity index (χ2n) is 4.50. The second kappa shape index (κ2) is 5.10. The van der Waals surface area contributed by atoms with E-state index in [0.29, 0.717) is 18.7 Å². The molecule has 1 amide bonds. The first kappa shape index (κ1) is 11.7. The molecular weight excluding hydrogens is 240 g/mol. The maximum Gasteiger partial charge on any atom is 0.252 e. The minimum Gasteiger partial charge on any atom is -0.493 e. The number of benzene rings is 1. The number of amides is 1. The van der Waals surface area contributed by atoms with E-state index >= 15 is 0 Å². The predicted octanol–water partition coefficient (Wildman–Crippen LogP) is 1.99. The van der Waals surface area contributed by atoms with E-state index < -0.39 is 0 Å².